The smallest absolute Gasteiger partial charge is 0.158 e. The molecule has 0 radical (unpaired) electrons. The van der Waals surface area contributed by atoms with Crippen LogP contribution in [0, 0.1) is 57.2 Å². The van der Waals surface area contributed by atoms with E-state index in [1.54, 1.807) is 0 Å². The lowest BCUT2D eigenvalue weighted by Crippen LogP contribution is -2.68. The quantitative estimate of drug-likeness (QED) is 0.404. The molecule has 5 aliphatic carbocycles. The van der Waals surface area contributed by atoms with E-state index in [-0.39, 0.29) is 45.5 Å². The predicted octanol–water partition coefficient (Wildman–Crippen LogP) is 5.66. The largest absolute Gasteiger partial charge is 0.874 e. The summed E-state index contributed by atoms with van der Waals surface area (Å²) >= 11 is 6.87. The molecule has 4 saturated carbocycles. The van der Waals surface area contributed by atoms with Crippen LogP contribution >= 0.6 is 11.6 Å². The van der Waals surface area contributed by atoms with E-state index >= 15 is 0 Å². The Morgan fingerprint density at radius 3 is 2.38 bits per heavy atom. The van der Waals surface area contributed by atoms with Gasteiger partial charge in [0.15, 0.2) is 11.6 Å². The average molecular weight is 458 g/mol. The Balaban J connectivity index is 1.57. The van der Waals surface area contributed by atoms with Crippen LogP contribution in [0.25, 0.3) is 0 Å². The molecule has 1 unspecified atom stereocenters. The molecule has 0 amide bonds. The molecule has 0 heterocycles. The fourth-order valence-corrected chi connectivity index (χ4v) is 9.25. The number of ketones is 2. The molecule has 0 aromatic heterocycles. The van der Waals surface area contributed by atoms with Crippen LogP contribution in [-0.2, 0) is 9.59 Å². The molecule has 4 fully saturated rings. The molecular formula is C28H38ClO3-. The number of fused-ring (bicyclic) bond motifs is 2. The van der Waals surface area contributed by atoms with Gasteiger partial charge in [0.05, 0.1) is 0 Å². The molecule has 0 aliphatic heterocycles. The molecular weight excluding hydrogens is 420 g/mol. The van der Waals surface area contributed by atoms with Gasteiger partial charge in [-0.25, -0.2) is 0 Å². The number of Topliss-reactive ketones (excluding diaryl/α,β-unsaturated/α-hetero) is 2. The first-order chi connectivity index (χ1) is 14.9. The van der Waals surface area contributed by atoms with Gasteiger partial charge in [0.2, 0.25) is 0 Å². The van der Waals surface area contributed by atoms with Crippen molar-refractivity contribution >= 4 is 23.2 Å². The molecule has 32 heavy (non-hydrogen) atoms. The van der Waals surface area contributed by atoms with Gasteiger partial charge in [0, 0.05) is 16.9 Å². The Bertz CT molecular complexity index is 948. The second kappa shape index (κ2) is 6.74. The van der Waals surface area contributed by atoms with Crippen molar-refractivity contribution in [3.63, 3.8) is 0 Å². The summed E-state index contributed by atoms with van der Waals surface area (Å²) in [4.78, 5) is 28.3. The van der Waals surface area contributed by atoms with E-state index in [4.69, 9.17) is 11.6 Å². The third-order valence-corrected chi connectivity index (χ3v) is 11.7. The van der Waals surface area contributed by atoms with Gasteiger partial charge < -0.3 is 5.11 Å². The number of hydrogen-bond donors (Lipinski definition) is 0. The highest BCUT2D eigenvalue weighted by molar-refractivity contribution is 6.37. The van der Waals surface area contributed by atoms with Crippen molar-refractivity contribution in [2.75, 3.05) is 0 Å². The zero-order valence-corrected chi connectivity index (χ0v) is 21.2. The van der Waals surface area contributed by atoms with Crippen molar-refractivity contribution in [3.05, 3.63) is 22.9 Å². The Morgan fingerprint density at radius 1 is 1.06 bits per heavy atom. The Kier molecular flexibility index (Phi) is 4.78. The molecule has 9 atom stereocenters. The van der Waals surface area contributed by atoms with Gasteiger partial charge in [-0.15, -0.1) is 5.76 Å². The standard InChI is InChI=1S/C28H39ClO3/c1-15(2)16(3)7-8-17(4)19-13-21(30)28-20(10-11-25(19,5)24(28)32)26(6)12-9-18-14-27(18,26)23(31)22(28)29/h7-8,15-20,31H,9-14H2,1-6H3/p-1/b8-7+/t16-,17+,18?,19+,20+,25+,26+,27-,28+/m0/s1. The van der Waals surface area contributed by atoms with Crippen molar-refractivity contribution in [1.29, 1.82) is 0 Å². The second-order valence-electron chi connectivity index (χ2n) is 12.7. The second-order valence-corrected chi connectivity index (χ2v) is 13.1. The maximum Gasteiger partial charge on any atom is 0.158 e. The fraction of sp³-hybridized carbons (Fsp3) is 0.786. The van der Waals surface area contributed by atoms with E-state index in [0.29, 0.717) is 24.2 Å². The van der Waals surface area contributed by atoms with Crippen LogP contribution < -0.4 is 5.11 Å². The van der Waals surface area contributed by atoms with Gasteiger partial charge in [-0.2, -0.15) is 0 Å². The van der Waals surface area contributed by atoms with Gasteiger partial charge in [-0.1, -0.05) is 65.3 Å². The fourth-order valence-electron chi connectivity index (χ4n) is 8.76. The number of carbonyl (C=O) groups is 2. The predicted molar refractivity (Wildman–Crippen MR) is 124 cm³/mol. The molecule has 176 valence electrons. The molecule has 0 N–H and O–H groups in total. The lowest BCUT2D eigenvalue weighted by atomic mass is 9.38. The minimum atomic E-state index is -1.38. The minimum absolute atomic E-state index is 0.0369. The summed E-state index contributed by atoms with van der Waals surface area (Å²) in [7, 11) is 0. The lowest BCUT2D eigenvalue weighted by molar-refractivity contribution is -0.334. The molecule has 2 bridgehead atoms. The number of hydrogen-bond acceptors (Lipinski definition) is 3. The monoisotopic (exact) mass is 457 g/mol. The number of rotatable bonds is 4. The van der Waals surface area contributed by atoms with Crippen molar-refractivity contribution in [1.82, 2.24) is 0 Å². The minimum Gasteiger partial charge on any atom is -0.874 e. The van der Waals surface area contributed by atoms with E-state index in [2.05, 4.69) is 53.7 Å². The van der Waals surface area contributed by atoms with Crippen LogP contribution in [0.4, 0.5) is 0 Å². The summed E-state index contributed by atoms with van der Waals surface area (Å²) in [5.74, 6) is 1.18. The van der Waals surface area contributed by atoms with E-state index in [1.807, 2.05) is 0 Å². The first kappa shape index (κ1) is 22.7. The van der Waals surface area contributed by atoms with Gasteiger partial charge in [0.1, 0.15) is 5.41 Å². The maximum absolute atomic E-state index is 14.4. The summed E-state index contributed by atoms with van der Waals surface area (Å²) in [5.41, 5.74) is -2.66. The molecule has 4 heteroatoms. The number of allylic oxidation sites excluding steroid dienone is 4. The lowest BCUT2D eigenvalue weighted by Gasteiger charge is -2.64. The van der Waals surface area contributed by atoms with E-state index < -0.39 is 16.2 Å². The zero-order valence-electron chi connectivity index (χ0n) is 20.5. The highest BCUT2D eigenvalue weighted by Crippen LogP contribution is 2.83. The van der Waals surface area contributed by atoms with Crippen molar-refractivity contribution in [3.8, 4) is 0 Å². The Morgan fingerprint density at radius 2 is 1.75 bits per heavy atom. The molecule has 2 spiro atoms. The van der Waals surface area contributed by atoms with Crippen molar-refractivity contribution < 1.29 is 14.7 Å². The molecule has 0 saturated heterocycles. The van der Waals surface area contributed by atoms with Gasteiger partial charge in [-0.05, 0) is 78.4 Å². The van der Waals surface area contributed by atoms with Crippen LogP contribution in [0.2, 0.25) is 0 Å². The summed E-state index contributed by atoms with van der Waals surface area (Å²) in [6.45, 7) is 13.0. The molecule has 5 aliphatic rings. The molecule has 0 aromatic rings. The molecule has 3 nitrogen and oxygen atoms in total. The van der Waals surface area contributed by atoms with Crippen molar-refractivity contribution in [2.45, 2.75) is 80.1 Å². The number of halogens is 1. The van der Waals surface area contributed by atoms with Gasteiger partial charge in [-0.3, -0.25) is 9.59 Å². The third kappa shape index (κ3) is 2.35. The summed E-state index contributed by atoms with van der Waals surface area (Å²) in [5, 5.41) is 13.8. The van der Waals surface area contributed by atoms with Crippen LogP contribution in [0.5, 0.6) is 0 Å². The van der Waals surface area contributed by atoms with Gasteiger partial charge in [0.25, 0.3) is 0 Å². The average Bonchev–Trinajstić information content (AvgIpc) is 3.41. The highest BCUT2D eigenvalue weighted by atomic mass is 35.5. The summed E-state index contributed by atoms with van der Waals surface area (Å²) in [6, 6.07) is 0. The van der Waals surface area contributed by atoms with Crippen LogP contribution in [0.1, 0.15) is 80.1 Å². The summed E-state index contributed by atoms with van der Waals surface area (Å²) < 4.78 is 0. The third-order valence-electron chi connectivity index (χ3n) is 11.3. The zero-order chi connectivity index (χ0) is 23.4. The maximum atomic E-state index is 14.4. The topological polar surface area (TPSA) is 57.2 Å². The molecule has 0 aromatic carbocycles. The normalized spacial score (nSPS) is 49.2. The van der Waals surface area contributed by atoms with Crippen LogP contribution in [0.3, 0.4) is 0 Å². The van der Waals surface area contributed by atoms with E-state index in [9.17, 15) is 14.7 Å². The van der Waals surface area contributed by atoms with Crippen LogP contribution in [-0.4, -0.2) is 11.6 Å². The summed E-state index contributed by atoms with van der Waals surface area (Å²) in [6.07, 6.45) is 9.26. The Labute approximate surface area is 198 Å². The van der Waals surface area contributed by atoms with Crippen LogP contribution in [0.15, 0.2) is 22.9 Å². The first-order valence-corrected chi connectivity index (χ1v) is 13.1. The Hall–Kier alpha value is -1.09. The first-order valence-electron chi connectivity index (χ1n) is 12.7. The number of carbonyl (C=O) groups excluding carboxylic acids is 2. The highest BCUT2D eigenvalue weighted by Gasteiger charge is 2.80. The van der Waals surface area contributed by atoms with Gasteiger partial charge >= 0.3 is 0 Å². The van der Waals surface area contributed by atoms with E-state index in [1.165, 1.54) is 0 Å². The van der Waals surface area contributed by atoms with Crippen molar-refractivity contribution in [2.24, 2.45) is 57.2 Å². The molecule has 5 rings (SSSR count). The van der Waals surface area contributed by atoms with E-state index in [0.717, 1.165) is 32.1 Å². The SMILES string of the molecule is CC(C)[C@@H](C)/C=C/[C@@H](C)[C@H]1CC(=O)[C@]23C(=O)[C@]1(C)CC[C@@H]2[C@@]1(C)CCC2C[C@@]21C([O-])=C3Cl.